The van der Waals surface area contributed by atoms with Crippen LogP contribution in [0.1, 0.15) is 31.0 Å². The number of hydrogen-bond donors (Lipinski definition) is 1. The van der Waals surface area contributed by atoms with Crippen molar-refractivity contribution in [2.24, 2.45) is 0 Å². The van der Waals surface area contributed by atoms with Crippen molar-refractivity contribution in [3.05, 3.63) is 68.2 Å². The Bertz CT molecular complexity index is 641. The molecule has 0 aromatic heterocycles. The summed E-state index contributed by atoms with van der Waals surface area (Å²) in [6.07, 6.45) is 1.01. The lowest BCUT2D eigenvalue weighted by Gasteiger charge is -2.17. The van der Waals surface area contributed by atoms with Crippen LogP contribution in [0.3, 0.4) is 0 Å². The second kappa shape index (κ2) is 6.72. The van der Waals surface area contributed by atoms with Crippen LogP contribution in [-0.4, -0.2) is 4.92 Å². The van der Waals surface area contributed by atoms with Crippen molar-refractivity contribution in [1.29, 1.82) is 0 Å². The van der Waals surface area contributed by atoms with Crippen LogP contribution in [0, 0.1) is 10.1 Å². The summed E-state index contributed by atoms with van der Waals surface area (Å²) in [4.78, 5) is 10.5. The molecule has 0 aliphatic heterocycles. The van der Waals surface area contributed by atoms with Gasteiger partial charge in [-0.3, -0.25) is 10.1 Å². The largest absolute Gasteiger partial charge is 0.377 e. The SMILES string of the molecule is CCc1ccc(C(C)Nc2cc([N+](=O)[O-])ccc2Br)cc1. The van der Waals surface area contributed by atoms with E-state index in [0.717, 1.165) is 22.1 Å². The Morgan fingerprint density at radius 3 is 2.48 bits per heavy atom. The first-order valence-corrected chi connectivity index (χ1v) is 7.60. The van der Waals surface area contributed by atoms with Gasteiger partial charge in [0.2, 0.25) is 0 Å². The van der Waals surface area contributed by atoms with Crippen LogP contribution in [0.2, 0.25) is 0 Å². The molecule has 21 heavy (non-hydrogen) atoms. The Labute approximate surface area is 132 Å². The smallest absolute Gasteiger partial charge is 0.271 e. The molecule has 5 heteroatoms. The second-order valence-corrected chi connectivity index (χ2v) is 5.74. The fraction of sp³-hybridized carbons (Fsp3) is 0.250. The van der Waals surface area contributed by atoms with Crippen LogP contribution in [-0.2, 0) is 6.42 Å². The van der Waals surface area contributed by atoms with Crippen LogP contribution < -0.4 is 5.32 Å². The highest BCUT2D eigenvalue weighted by molar-refractivity contribution is 9.10. The number of anilines is 1. The van der Waals surface area contributed by atoms with Crippen molar-refractivity contribution in [3.63, 3.8) is 0 Å². The lowest BCUT2D eigenvalue weighted by Crippen LogP contribution is -2.07. The monoisotopic (exact) mass is 348 g/mol. The number of aryl methyl sites for hydroxylation is 1. The molecule has 2 aromatic rings. The van der Waals surface area contributed by atoms with E-state index < -0.39 is 4.92 Å². The fourth-order valence-corrected chi connectivity index (χ4v) is 2.46. The van der Waals surface area contributed by atoms with Crippen LogP contribution in [0.4, 0.5) is 11.4 Å². The molecule has 1 atom stereocenters. The first kappa shape index (κ1) is 15.5. The van der Waals surface area contributed by atoms with Gasteiger partial charge in [0.15, 0.2) is 0 Å². The molecule has 0 aliphatic rings. The topological polar surface area (TPSA) is 55.2 Å². The lowest BCUT2D eigenvalue weighted by atomic mass is 10.0. The van der Waals surface area contributed by atoms with E-state index in [4.69, 9.17) is 0 Å². The summed E-state index contributed by atoms with van der Waals surface area (Å²) in [5, 5.41) is 14.2. The van der Waals surface area contributed by atoms with E-state index >= 15 is 0 Å². The van der Waals surface area contributed by atoms with Gasteiger partial charge in [-0.25, -0.2) is 0 Å². The highest BCUT2D eigenvalue weighted by Crippen LogP contribution is 2.30. The third-order valence-electron chi connectivity index (χ3n) is 3.42. The predicted octanol–water partition coefficient (Wildman–Crippen LogP) is 5.09. The summed E-state index contributed by atoms with van der Waals surface area (Å²) in [6, 6.07) is 13.2. The van der Waals surface area contributed by atoms with E-state index in [1.807, 2.05) is 6.92 Å². The molecule has 1 N–H and O–H groups in total. The number of rotatable bonds is 5. The molecule has 0 radical (unpaired) electrons. The van der Waals surface area contributed by atoms with E-state index in [2.05, 4.69) is 52.4 Å². The second-order valence-electron chi connectivity index (χ2n) is 4.88. The minimum absolute atomic E-state index is 0.0641. The summed E-state index contributed by atoms with van der Waals surface area (Å²) >= 11 is 3.42. The van der Waals surface area contributed by atoms with Crippen molar-refractivity contribution in [2.45, 2.75) is 26.3 Å². The van der Waals surface area contributed by atoms with E-state index in [-0.39, 0.29) is 11.7 Å². The molecule has 4 nitrogen and oxygen atoms in total. The zero-order valence-corrected chi connectivity index (χ0v) is 13.6. The Hall–Kier alpha value is -1.88. The third kappa shape index (κ3) is 3.82. The number of hydrogen-bond acceptors (Lipinski definition) is 3. The summed E-state index contributed by atoms with van der Waals surface area (Å²) in [5.41, 5.74) is 3.23. The number of nitro benzene ring substituents is 1. The highest BCUT2D eigenvalue weighted by atomic mass is 79.9. The van der Waals surface area contributed by atoms with E-state index in [1.54, 1.807) is 12.1 Å². The fourth-order valence-electron chi connectivity index (χ4n) is 2.10. The molecule has 2 aromatic carbocycles. The Morgan fingerprint density at radius 2 is 1.90 bits per heavy atom. The van der Waals surface area contributed by atoms with Crippen molar-refractivity contribution < 1.29 is 4.92 Å². The first-order chi connectivity index (χ1) is 10.0. The molecular formula is C16H17BrN2O2. The first-order valence-electron chi connectivity index (χ1n) is 6.80. The summed E-state index contributed by atoms with van der Waals surface area (Å²) in [6.45, 7) is 4.16. The standard InChI is InChI=1S/C16H17BrN2O2/c1-3-12-4-6-13(7-5-12)11(2)18-16-10-14(19(20)21)8-9-15(16)17/h4-11,18H,3H2,1-2H3. The average Bonchev–Trinajstić information content (AvgIpc) is 2.49. The minimum atomic E-state index is -0.391. The van der Waals surface area contributed by atoms with Gasteiger partial charge < -0.3 is 5.32 Å². The average molecular weight is 349 g/mol. The van der Waals surface area contributed by atoms with Crippen molar-refractivity contribution >= 4 is 27.3 Å². The van der Waals surface area contributed by atoms with Gasteiger partial charge in [-0.05, 0) is 46.5 Å². The Morgan fingerprint density at radius 1 is 1.24 bits per heavy atom. The normalized spacial score (nSPS) is 12.0. The molecule has 0 spiro atoms. The Balaban J connectivity index is 2.19. The molecule has 0 amide bonds. The maximum absolute atomic E-state index is 10.9. The predicted molar refractivity (Wildman–Crippen MR) is 88.7 cm³/mol. The molecule has 0 saturated heterocycles. The molecule has 0 heterocycles. The number of nitrogens with zero attached hydrogens (tertiary/aromatic N) is 1. The maximum Gasteiger partial charge on any atom is 0.271 e. The zero-order valence-electron chi connectivity index (χ0n) is 12.0. The minimum Gasteiger partial charge on any atom is -0.377 e. The Kier molecular flexibility index (Phi) is 4.96. The van der Waals surface area contributed by atoms with E-state index in [1.165, 1.54) is 11.6 Å². The van der Waals surface area contributed by atoms with Crippen LogP contribution in [0.5, 0.6) is 0 Å². The van der Waals surface area contributed by atoms with Crippen LogP contribution in [0.25, 0.3) is 0 Å². The van der Waals surface area contributed by atoms with E-state index in [9.17, 15) is 10.1 Å². The summed E-state index contributed by atoms with van der Waals surface area (Å²) in [5.74, 6) is 0. The van der Waals surface area contributed by atoms with E-state index in [0.29, 0.717) is 0 Å². The molecule has 0 bridgehead atoms. The number of halogens is 1. The van der Waals surface area contributed by atoms with Crippen molar-refractivity contribution in [2.75, 3.05) is 5.32 Å². The molecule has 1 unspecified atom stereocenters. The number of nitro groups is 1. The van der Waals surface area contributed by atoms with Gasteiger partial charge in [0, 0.05) is 22.6 Å². The van der Waals surface area contributed by atoms with Crippen molar-refractivity contribution in [1.82, 2.24) is 0 Å². The molecule has 110 valence electrons. The molecule has 2 rings (SSSR count). The van der Waals surface area contributed by atoms with Gasteiger partial charge in [-0.1, -0.05) is 31.2 Å². The van der Waals surface area contributed by atoms with Gasteiger partial charge in [-0.15, -0.1) is 0 Å². The van der Waals surface area contributed by atoms with Crippen LogP contribution >= 0.6 is 15.9 Å². The van der Waals surface area contributed by atoms with Gasteiger partial charge in [-0.2, -0.15) is 0 Å². The molecular weight excluding hydrogens is 332 g/mol. The molecule has 0 aliphatic carbocycles. The quantitative estimate of drug-likeness (QED) is 0.604. The van der Waals surface area contributed by atoms with Gasteiger partial charge >= 0.3 is 0 Å². The summed E-state index contributed by atoms with van der Waals surface area (Å²) < 4.78 is 0.810. The van der Waals surface area contributed by atoms with Gasteiger partial charge in [0.25, 0.3) is 5.69 Å². The maximum atomic E-state index is 10.9. The van der Waals surface area contributed by atoms with Gasteiger partial charge in [0.1, 0.15) is 0 Å². The van der Waals surface area contributed by atoms with Gasteiger partial charge in [0.05, 0.1) is 10.6 Å². The van der Waals surface area contributed by atoms with Crippen LogP contribution in [0.15, 0.2) is 46.9 Å². The lowest BCUT2D eigenvalue weighted by molar-refractivity contribution is -0.384. The molecule has 0 saturated carbocycles. The summed E-state index contributed by atoms with van der Waals surface area (Å²) in [7, 11) is 0. The number of nitrogens with one attached hydrogen (secondary N) is 1. The number of non-ortho nitro benzene ring substituents is 1. The highest BCUT2D eigenvalue weighted by Gasteiger charge is 2.12. The number of benzene rings is 2. The van der Waals surface area contributed by atoms with Crippen molar-refractivity contribution in [3.8, 4) is 0 Å². The zero-order chi connectivity index (χ0) is 15.4. The molecule has 0 fully saturated rings. The third-order valence-corrected chi connectivity index (χ3v) is 4.11.